The average molecular weight is 541 g/mol. The van der Waals surface area contributed by atoms with Gasteiger partial charge in [-0.1, -0.05) is 30.3 Å². The molecule has 8 rings (SSSR count). The Morgan fingerprint density at radius 3 is 2.12 bits per heavy atom. The molecule has 0 spiro atoms. The van der Waals surface area contributed by atoms with E-state index in [0.717, 1.165) is 107 Å². The molecule has 6 heteroatoms. The Labute approximate surface area is 238 Å². The van der Waals surface area contributed by atoms with Gasteiger partial charge in [-0.3, -0.25) is 4.79 Å². The fourth-order valence-electron chi connectivity index (χ4n) is 9.14. The summed E-state index contributed by atoms with van der Waals surface area (Å²) in [5.74, 6) is 3.13. The number of hydrogen-bond acceptors (Lipinski definition) is 3. The van der Waals surface area contributed by atoms with Gasteiger partial charge in [0.1, 0.15) is 0 Å². The van der Waals surface area contributed by atoms with Crippen molar-refractivity contribution in [3.8, 4) is 0 Å². The zero-order valence-corrected chi connectivity index (χ0v) is 23.7. The van der Waals surface area contributed by atoms with Crippen molar-refractivity contribution in [2.45, 2.75) is 76.2 Å². The van der Waals surface area contributed by atoms with Gasteiger partial charge in [0.05, 0.1) is 5.56 Å². The fourth-order valence-corrected chi connectivity index (χ4v) is 9.14. The molecule has 2 N–H and O–H groups in total. The van der Waals surface area contributed by atoms with Crippen LogP contribution in [0.4, 0.5) is 16.2 Å². The van der Waals surface area contributed by atoms with Crippen LogP contribution in [0.3, 0.4) is 0 Å². The molecule has 6 nitrogen and oxygen atoms in total. The van der Waals surface area contributed by atoms with Crippen LogP contribution in [0.15, 0.2) is 48.5 Å². The van der Waals surface area contributed by atoms with E-state index in [9.17, 15) is 9.59 Å². The molecule has 3 amide bonds. The lowest BCUT2D eigenvalue weighted by Gasteiger charge is -2.56. The van der Waals surface area contributed by atoms with Crippen molar-refractivity contribution in [2.24, 2.45) is 23.7 Å². The van der Waals surface area contributed by atoms with Crippen LogP contribution < -0.4 is 15.5 Å². The smallest absolute Gasteiger partial charge is 0.319 e. The highest BCUT2D eigenvalue weighted by Gasteiger charge is 2.51. The van der Waals surface area contributed by atoms with Gasteiger partial charge in [0.25, 0.3) is 5.91 Å². The molecule has 0 unspecified atom stereocenters. The van der Waals surface area contributed by atoms with E-state index in [2.05, 4.69) is 51.9 Å². The Bertz CT molecular complexity index is 1190. The van der Waals surface area contributed by atoms with Crippen molar-refractivity contribution in [1.82, 2.24) is 10.2 Å². The van der Waals surface area contributed by atoms with Gasteiger partial charge in [-0.15, -0.1) is 0 Å². The van der Waals surface area contributed by atoms with Crippen LogP contribution in [0.5, 0.6) is 0 Å². The number of likely N-dealkylation sites (tertiary alicyclic amines) is 1. The maximum atomic E-state index is 13.7. The minimum atomic E-state index is -0.115. The van der Waals surface area contributed by atoms with Crippen LogP contribution in [0.1, 0.15) is 80.1 Å². The predicted molar refractivity (Wildman–Crippen MR) is 160 cm³/mol. The molecule has 4 saturated carbocycles. The van der Waals surface area contributed by atoms with E-state index in [4.69, 9.17) is 0 Å². The molecule has 4 bridgehead atoms. The Kier molecular flexibility index (Phi) is 6.97. The Morgan fingerprint density at radius 1 is 0.825 bits per heavy atom. The van der Waals surface area contributed by atoms with Gasteiger partial charge in [0, 0.05) is 43.1 Å². The third-order valence-electron chi connectivity index (χ3n) is 10.6. The summed E-state index contributed by atoms with van der Waals surface area (Å²) >= 11 is 0. The first kappa shape index (κ1) is 25.9. The second-order valence-corrected chi connectivity index (χ2v) is 13.6. The molecule has 2 heterocycles. The first-order valence-corrected chi connectivity index (χ1v) is 15.8. The molecule has 212 valence electrons. The van der Waals surface area contributed by atoms with Crippen molar-refractivity contribution in [3.63, 3.8) is 0 Å². The van der Waals surface area contributed by atoms with Crippen LogP contribution in [0.25, 0.3) is 0 Å². The normalized spacial score (nSPS) is 29.6. The quantitative estimate of drug-likeness (QED) is 0.441. The number of amides is 3. The molecule has 6 fully saturated rings. The molecular weight excluding hydrogens is 496 g/mol. The molecule has 2 aromatic rings. The van der Waals surface area contributed by atoms with Crippen molar-refractivity contribution in [3.05, 3.63) is 59.7 Å². The van der Waals surface area contributed by atoms with Crippen molar-refractivity contribution < 1.29 is 9.59 Å². The number of nitrogens with zero attached hydrogens (tertiary/aromatic N) is 2. The third kappa shape index (κ3) is 5.34. The molecule has 0 aromatic heterocycles. The number of carbonyl (C=O) groups is 2. The Morgan fingerprint density at radius 2 is 1.48 bits per heavy atom. The number of piperidine rings is 1. The Balaban J connectivity index is 1.05. The second kappa shape index (κ2) is 10.8. The molecule has 4 aliphatic carbocycles. The minimum absolute atomic E-state index is 0.0307. The molecule has 2 saturated heterocycles. The first-order chi connectivity index (χ1) is 19.5. The lowest BCUT2D eigenvalue weighted by molar-refractivity contribution is -0.0127. The molecule has 6 aliphatic rings. The molecule has 0 radical (unpaired) electrons. The van der Waals surface area contributed by atoms with Crippen LogP contribution in [-0.4, -0.2) is 48.6 Å². The van der Waals surface area contributed by atoms with Crippen LogP contribution >= 0.6 is 0 Å². The lowest BCUT2D eigenvalue weighted by atomic mass is 9.53. The number of nitrogens with one attached hydrogen (secondary N) is 2. The van der Waals surface area contributed by atoms with Gasteiger partial charge in [-0.2, -0.15) is 0 Å². The highest BCUT2D eigenvalue weighted by Crippen LogP contribution is 2.55. The standard InChI is InChI=1S/C34H44N4O2/c39-32(38-12-4-5-13-38)30-20-29(35-33(40)36-34-21-26-17-27(22-34)19-28(18-26)23-34)8-9-31(30)37-14-10-25(11-15-37)16-24-6-2-1-3-7-24/h1-3,6-9,20,25-28H,4-5,10-19,21-23H2,(H2,35,36,40). The minimum Gasteiger partial charge on any atom is -0.371 e. The number of benzene rings is 2. The molecular formula is C34H44N4O2. The largest absolute Gasteiger partial charge is 0.371 e. The van der Waals surface area contributed by atoms with E-state index in [0.29, 0.717) is 11.6 Å². The predicted octanol–water partition coefficient (Wildman–Crippen LogP) is 6.47. The summed E-state index contributed by atoms with van der Waals surface area (Å²) in [6, 6.07) is 16.7. The maximum absolute atomic E-state index is 13.7. The van der Waals surface area contributed by atoms with Gasteiger partial charge in [0.15, 0.2) is 0 Å². The zero-order valence-electron chi connectivity index (χ0n) is 23.7. The van der Waals surface area contributed by atoms with Gasteiger partial charge in [-0.25, -0.2) is 4.79 Å². The highest BCUT2D eigenvalue weighted by atomic mass is 16.2. The monoisotopic (exact) mass is 540 g/mol. The van der Waals surface area contributed by atoms with E-state index in [1.807, 2.05) is 17.0 Å². The summed E-state index contributed by atoms with van der Waals surface area (Å²) in [5.41, 5.74) is 3.84. The summed E-state index contributed by atoms with van der Waals surface area (Å²) in [6.45, 7) is 3.55. The SMILES string of the molecule is O=C(Nc1ccc(N2CCC(Cc3ccccc3)CC2)c(C(=O)N2CCCC2)c1)NC12CC3CC(CC(C3)C1)C2. The van der Waals surface area contributed by atoms with Gasteiger partial charge >= 0.3 is 6.03 Å². The summed E-state index contributed by atoms with van der Waals surface area (Å²) in [5, 5.41) is 6.55. The molecule has 0 atom stereocenters. The first-order valence-electron chi connectivity index (χ1n) is 15.8. The van der Waals surface area contributed by atoms with E-state index in [1.54, 1.807) is 0 Å². The fraction of sp³-hybridized carbons (Fsp3) is 0.588. The summed E-state index contributed by atoms with van der Waals surface area (Å²) < 4.78 is 0. The highest BCUT2D eigenvalue weighted by molar-refractivity contribution is 6.02. The zero-order chi connectivity index (χ0) is 27.1. The van der Waals surface area contributed by atoms with Crippen LogP contribution in [-0.2, 0) is 6.42 Å². The number of carbonyl (C=O) groups excluding carboxylic acids is 2. The van der Waals surface area contributed by atoms with Gasteiger partial charge in [-0.05, 0) is 118 Å². The average Bonchev–Trinajstić information content (AvgIpc) is 3.48. The van der Waals surface area contributed by atoms with Crippen LogP contribution in [0, 0.1) is 23.7 Å². The topological polar surface area (TPSA) is 64.7 Å². The maximum Gasteiger partial charge on any atom is 0.319 e. The lowest BCUT2D eigenvalue weighted by Crippen LogP contribution is -2.60. The number of rotatable bonds is 6. The molecule has 2 aromatic carbocycles. The van der Waals surface area contributed by atoms with Crippen LogP contribution in [0.2, 0.25) is 0 Å². The van der Waals surface area contributed by atoms with Crippen molar-refractivity contribution in [1.29, 1.82) is 0 Å². The third-order valence-corrected chi connectivity index (χ3v) is 10.6. The number of anilines is 2. The van der Waals surface area contributed by atoms with E-state index < -0.39 is 0 Å². The summed E-state index contributed by atoms with van der Waals surface area (Å²) in [4.78, 5) is 31.4. The number of hydrogen-bond donors (Lipinski definition) is 2. The van der Waals surface area contributed by atoms with Crippen molar-refractivity contribution >= 4 is 23.3 Å². The van der Waals surface area contributed by atoms with E-state index >= 15 is 0 Å². The number of urea groups is 1. The summed E-state index contributed by atoms with van der Waals surface area (Å²) in [6.07, 6.45) is 13.0. The van der Waals surface area contributed by atoms with Gasteiger partial charge < -0.3 is 20.4 Å². The summed E-state index contributed by atoms with van der Waals surface area (Å²) in [7, 11) is 0. The second-order valence-electron chi connectivity index (χ2n) is 13.6. The van der Waals surface area contributed by atoms with E-state index in [-0.39, 0.29) is 17.5 Å². The Hall–Kier alpha value is -3.02. The molecule has 2 aliphatic heterocycles. The van der Waals surface area contributed by atoms with Crippen molar-refractivity contribution in [2.75, 3.05) is 36.4 Å². The van der Waals surface area contributed by atoms with E-state index in [1.165, 1.54) is 24.8 Å². The van der Waals surface area contributed by atoms with Gasteiger partial charge in [0.2, 0.25) is 0 Å². The molecule has 40 heavy (non-hydrogen) atoms.